The van der Waals surface area contributed by atoms with Crippen molar-refractivity contribution >= 4 is 5.82 Å². The summed E-state index contributed by atoms with van der Waals surface area (Å²) in [7, 11) is 0. The lowest BCUT2D eigenvalue weighted by molar-refractivity contribution is 0.529. The van der Waals surface area contributed by atoms with Gasteiger partial charge in [-0.05, 0) is 32.2 Å². The molecule has 0 saturated heterocycles. The van der Waals surface area contributed by atoms with E-state index in [2.05, 4.69) is 22.2 Å². The first-order valence-electron chi connectivity index (χ1n) is 5.45. The summed E-state index contributed by atoms with van der Waals surface area (Å²) in [5.41, 5.74) is 6.50. The molecule has 1 heterocycles. The van der Waals surface area contributed by atoms with Gasteiger partial charge < -0.3 is 11.1 Å². The van der Waals surface area contributed by atoms with E-state index in [0.717, 1.165) is 37.4 Å². The van der Waals surface area contributed by atoms with E-state index in [-0.39, 0.29) is 0 Å². The molecule has 0 radical (unpaired) electrons. The fraction of sp³-hybridized carbons (Fsp3) is 0.636. The van der Waals surface area contributed by atoms with Crippen LogP contribution in [0.4, 0.5) is 5.82 Å². The van der Waals surface area contributed by atoms with Crippen molar-refractivity contribution in [2.24, 2.45) is 11.7 Å². The van der Waals surface area contributed by atoms with E-state index in [9.17, 15) is 0 Å². The van der Waals surface area contributed by atoms with Crippen molar-refractivity contribution in [3.63, 3.8) is 0 Å². The molecule has 0 aliphatic heterocycles. The van der Waals surface area contributed by atoms with Crippen LogP contribution in [-0.2, 0) is 0 Å². The minimum Gasteiger partial charge on any atom is -0.369 e. The first-order valence-corrected chi connectivity index (χ1v) is 5.45. The molecule has 0 amide bonds. The molecule has 3 N–H and O–H groups in total. The smallest absolute Gasteiger partial charge is 0.147 e. The lowest BCUT2D eigenvalue weighted by Crippen LogP contribution is -2.13. The van der Waals surface area contributed by atoms with Crippen molar-refractivity contribution < 1.29 is 0 Å². The van der Waals surface area contributed by atoms with Crippen LogP contribution in [0.5, 0.6) is 0 Å². The fourth-order valence-corrected chi connectivity index (χ4v) is 1.36. The Morgan fingerprint density at radius 2 is 2.13 bits per heavy atom. The van der Waals surface area contributed by atoms with Gasteiger partial charge >= 0.3 is 0 Å². The highest BCUT2D eigenvalue weighted by atomic mass is 15.0. The molecule has 0 aromatic carbocycles. The Balaban J connectivity index is 2.23. The van der Waals surface area contributed by atoms with Gasteiger partial charge in [-0.1, -0.05) is 6.92 Å². The maximum atomic E-state index is 5.55. The summed E-state index contributed by atoms with van der Waals surface area (Å²) in [6.45, 7) is 5.83. The molecule has 0 bridgehead atoms. The van der Waals surface area contributed by atoms with Gasteiger partial charge in [0.2, 0.25) is 0 Å². The highest BCUT2D eigenvalue weighted by Crippen LogP contribution is 2.07. The molecular weight excluding hydrogens is 188 g/mol. The highest BCUT2D eigenvalue weighted by Gasteiger charge is 2.00. The van der Waals surface area contributed by atoms with Gasteiger partial charge in [-0.3, -0.25) is 4.98 Å². The number of nitrogens with two attached hydrogens (primary N) is 1. The summed E-state index contributed by atoms with van der Waals surface area (Å²) < 4.78 is 0. The molecule has 1 unspecified atom stereocenters. The van der Waals surface area contributed by atoms with Crippen LogP contribution >= 0.6 is 0 Å². The van der Waals surface area contributed by atoms with Crippen molar-refractivity contribution in [3.8, 4) is 0 Å². The van der Waals surface area contributed by atoms with Crippen LogP contribution in [0.15, 0.2) is 12.4 Å². The molecule has 1 aromatic heterocycles. The second kappa shape index (κ2) is 6.35. The van der Waals surface area contributed by atoms with E-state index in [1.165, 1.54) is 0 Å². The third-order valence-electron chi connectivity index (χ3n) is 2.45. The lowest BCUT2D eigenvalue weighted by Gasteiger charge is -2.09. The third-order valence-corrected chi connectivity index (χ3v) is 2.45. The maximum absolute atomic E-state index is 5.55. The molecule has 0 spiro atoms. The maximum Gasteiger partial charge on any atom is 0.147 e. The monoisotopic (exact) mass is 208 g/mol. The molecule has 0 fully saturated rings. The molecule has 0 aliphatic rings. The van der Waals surface area contributed by atoms with Gasteiger partial charge in [0.1, 0.15) is 5.82 Å². The van der Waals surface area contributed by atoms with Gasteiger partial charge in [0.05, 0.1) is 5.69 Å². The van der Waals surface area contributed by atoms with Crippen LogP contribution in [0, 0.1) is 12.8 Å². The van der Waals surface area contributed by atoms with Crippen LogP contribution in [0.3, 0.4) is 0 Å². The van der Waals surface area contributed by atoms with Crippen molar-refractivity contribution in [1.82, 2.24) is 9.97 Å². The summed E-state index contributed by atoms with van der Waals surface area (Å²) in [5, 5.41) is 3.28. The third kappa shape index (κ3) is 4.25. The minimum absolute atomic E-state index is 0.606. The Hall–Kier alpha value is -1.16. The summed E-state index contributed by atoms with van der Waals surface area (Å²) in [6, 6.07) is 0. The van der Waals surface area contributed by atoms with Crippen LogP contribution in [0.25, 0.3) is 0 Å². The molecule has 1 aromatic rings. The van der Waals surface area contributed by atoms with Crippen LogP contribution in [0.1, 0.15) is 25.5 Å². The van der Waals surface area contributed by atoms with Crippen molar-refractivity contribution in [2.75, 3.05) is 18.4 Å². The number of rotatable bonds is 6. The molecule has 84 valence electrons. The van der Waals surface area contributed by atoms with E-state index in [4.69, 9.17) is 5.73 Å². The molecule has 1 atom stereocenters. The number of nitrogens with one attached hydrogen (secondary N) is 1. The Morgan fingerprint density at radius 1 is 1.40 bits per heavy atom. The predicted molar refractivity (Wildman–Crippen MR) is 62.7 cm³/mol. The normalized spacial score (nSPS) is 12.5. The van der Waals surface area contributed by atoms with E-state index in [0.29, 0.717) is 5.92 Å². The SMILES string of the molecule is Cc1nccnc1NCCCC(C)CN. The second-order valence-corrected chi connectivity index (χ2v) is 3.90. The molecule has 0 aliphatic carbocycles. The topological polar surface area (TPSA) is 63.8 Å². The fourth-order valence-electron chi connectivity index (χ4n) is 1.36. The molecule has 4 heteroatoms. The number of hydrogen-bond acceptors (Lipinski definition) is 4. The molecule has 4 nitrogen and oxygen atoms in total. The van der Waals surface area contributed by atoms with Gasteiger partial charge in [0.15, 0.2) is 0 Å². The Kier molecular flexibility index (Phi) is 5.04. The largest absolute Gasteiger partial charge is 0.369 e. The van der Waals surface area contributed by atoms with E-state index in [1.54, 1.807) is 12.4 Å². The zero-order valence-corrected chi connectivity index (χ0v) is 9.53. The van der Waals surface area contributed by atoms with Gasteiger partial charge in [0.25, 0.3) is 0 Å². The quantitative estimate of drug-likeness (QED) is 0.697. The Bertz CT molecular complexity index is 288. The summed E-state index contributed by atoms with van der Waals surface area (Å²) in [4.78, 5) is 8.38. The van der Waals surface area contributed by atoms with Crippen molar-refractivity contribution in [1.29, 1.82) is 0 Å². The molecular formula is C11H20N4. The van der Waals surface area contributed by atoms with E-state index >= 15 is 0 Å². The van der Waals surface area contributed by atoms with Crippen molar-refractivity contribution in [2.45, 2.75) is 26.7 Å². The van der Waals surface area contributed by atoms with Gasteiger partial charge in [-0.15, -0.1) is 0 Å². The summed E-state index contributed by atoms with van der Waals surface area (Å²) in [5.74, 6) is 1.49. The first kappa shape index (κ1) is 11.9. The first-order chi connectivity index (χ1) is 7.24. The Morgan fingerprint density at radius 3 is 2.80 bits per heavy atom. The van der Waals surface area contributed by atoms with Gasteiger partial charge in [-0.25, -0.2) is 4.98 Å². The van der Waals surface area contributed by atoms with E-state index in [1.807, 2.05) is 6.92 Å². The molecule has 15 heavy (non-hydrogen) atoms. The highest BCUT2D eigenvalue weighted by molar-refractivity contribution is 5.37. The lowest BCUT2D eigenvalue weighted by atomic mass is 10.1. The molecule has 1 rings (SSSR count). The number of hydrogen-bond donors (Lipinski definition) is 2. The second-order valence-electron chi connectivity index (χ2n) is 3.90. The number of aromatic nitrogens is 2. The van der Waals surface area contributed by atoms with Crippen LogP contribution in [0.2, 0.25) is 0 Å². The van der Waals surface area contributed by atoms with E-state index < -0.39 is 0 Å². The van der Waals surface area contributed by atoms with Crippen LogP contribution in [-0.4, -0.2) is 23.1 Å². The predicted octanol–water partition coefficient (Wildman–Crippen LogP) is 1.57. The zero-order chi connectivity index (χ0) is 11.1. The Labute approximate surface area is 91.3 Å². The number of anilines is 1. The average Bonchev–Trinajstić information content (AvgIpc) is 2.26. The average molecular weight is 208 g/mol. The number of aryl methyl sites for hydroxylation is 1. The van der Waals surface area contributed by atoms with Crippen molar-refractivity contribution in [3.05, 3.63) is 18.1 Å². The summed E-state index contributed by atoms with van der Waals surface area (Å²) in [6.07, 6.45) is 5.69. The van der Waals surface area contributed by atoms with Gasteiger partial charge in [-0.2, -0.15) is 0 Å². The van der Waals surface area contributed by atoms with Crippen LogP contribution < -0.4 is 11.1 Å². The summed E-state index contributed by atoms with van der Waals surface area (Å²) >= 11 is 0. The molecule has 0 saturated carbocycles. The number of nitrogens with zero attached hydrogens (tertiary/aromatic N) is 2. The minimum atomic E-state index is 0.606. The zero-order valence-electron chi connectivity index (χ0n) is 9.53. The van der Waals surface area contributed by atoms with Gasteiger partial charge in [0, 0.05) is 18.9 Å². The standard InChI is InChI=1S/C11H20N4/c1-9(8-12)4-3-5-14-11-10(2)13-6-7-15-11/h6-7,9H,3-5,8,12H2,1-2H3,(H,14,15).